The highest BCUT2D eigenvalue weighted by Crippen LogP contribution is 2.19. The van der Waals surface area contributed by atoms with E-state index in [-0.39, 0.29) is 30.0 Å². The van der Waals surface area contributed by atoms with Gasteiger partial charge in [0.1, 0.15) is 12.7 Å². The molecule has 11 heteroatoms. The van der Waals surface area contributed by atoms with Crippen molar-refractivity contribution < 1.29 is 13.2 Å². The lowest BCUT2D eigenvalue weighted by molar-refractivity contribution is -0.143. The predicted molar refractivity (Wildman–Crippen MR) is 111 cm³/mol. The average Bonchev–Trinajstić information content (AvgIpc) is 3.30. The Morgan fingerprint density at radius 1 is 1.29 bits per heavy atom. The maximum Gasteiger partial charge on any atom is 0.401 e. The third-order valence-corrected chi connectivity index (χ3v) is 4.32. The molecule has 2 aromatic rings. The van der Waals surface area contributed by atoms with Crippen LogP contribution in [0, 0.1) is 0 Å². The number of aromatic nitrogens is 3. The molecule has 7 nitrogen and oxygen atoms in total. The molecule has 1 saturated heterocycles. The van der Waals surface area contributed by atoms with Crippen LogP contribution in [0.4, 0.5) is 13.2 Å². The Labute approximate surface area is 178 Å². The van der Waals surface area contributed by atoms with Crippen molar-refractivity contribution in [3.05, 3.63) is 42.5 Å². The maximum absolute atomic E-state index is 12.5. The molecule has 1 atom stereocenters. The fourth-order valence-corrected chi connectivity index (χ4v) is 3.03. The molecule has 2 heterocycles. The Morgan fingerprint density at radius 3 is 2.64 bits per heavy atom. The molecule has 0 amide bonds. The summed E-state index contributed by atoms with van der Waals surface area (Å²) in [6.45, 7) is 0.469. The summed E-state index contributed by atoms with van der Waals surface area (Å²) in [5.41, 5.74) is 1.96. The maximum atomic E-state index is 12.5. The summed E-state index contributed by atoms with van der Waals surface area (Å²) in [4.78, 5) is 9.48. The normalized spacial score (nSPS) is 18.0. The van der Waals surface area contributed by atoms with Gasteiger partial charge in [0.25, 0.3) is 0 Å². The quantitative estimate of drug-likeness (QED) is 0.368. The van der Waals surface area contributed by atoms with E-state index in [2.05, 4.69) is 25.7 Å². The van der Waals surface area contributed by atoms with E-state index in [0.29, 0.717) is 32.0 Å². The first-order chi connectivity index (χ1) is 12.9. The number of halogens is 4. The third kappa shape index (κ3) is 6.62. The molecule has 0 aliphatic carbocycles. The molecule has 0 bridgehead atoms. The van der Waals surface area contributed by atoms with E-state index in [4.69, 9.17) is 0 Å². The molecule has 2 N–H and O–H groups in total. The number of nitrogens with zero attached hydrogens (tertiary/aromatic N) is 5. The number of aliphatic imine (C=N–C) groups is 1. The van der Waals surface area contributed by atoms with Gasteiger partial charge in [0.15, 0.2) is 5.96 Å². The van der Waals surface area contributed by atoms with Crippen LogP contribution in [0.1, 0.15) is 12.0 Å². The molecule has 0 radical (unpaired) electrons. The van der Waals surface area contributed by atoms with Crippen LogP contribution in [0.25, 0.3) is 5.69 Å². The number of guanidine groups is 1. The second-order valence-corrected chi connectivity index (χ2v) is 6.41. The van der Waals surface area contributed by atoms with Gasteiger partial charge in [-0.1, -0.05) is 12.1 Å². The highest BCUT2D eigenvalue weighted by Gasteiger charge is 2.34. The summed E-state index contributed by atoms with van der Waals surface area (Å²) in [6.07, 6.45) is -0.400. The lowest BCUT2D eigenvalue weighted by Crippen LogP contribution is -2.44. The van der Waals surface area contributed by atoms with Gasteiger partial charge in [0.2, 0.25) is 0 Å². The van der Waals surface area contributed by atoms with Gasteiger partial charge < -0.3 is 10.6 Å². The van der Waals surface area contributed by atoms with Crippen molar-refractivity contribution in [2.75, 3.05) is 26.7 Å². The lowest BCUT2D eigenvalue weighted by atomic mass is 10.2. The fourth-order valence-electron chi connectivity index (χ4n) is 3.03. The number of alkyl halides is 3. The molecule has 0 saturated carbocycles. The van der Waals surface area contributed by atoms with Crippen LogP contribution in [-0.2, 0) is 6.54 Å². The number of nitrogens with one attached hydrogen (secondary N) is 2. The van der Waals surface area contributed by atoms with Gasteiger partial charge in [-0.15, -0.1) is 24.0 Å². The summed E-state index contributed by atoms with van der Waals surface area (Å²) in [5.74, 6) is 0.578. The van der Waals surface area contributed by atoms with Crippen molar-refractivity contribution in [1.29, 1.82) is 0 Å². The van der Waals surface area contributed by atoms with Crippen LogP contribution in [0.5, 0.6) is 0 Å². The molecular formula is C17H23F3IN7. The molecule has 1 aliphatic rings. The smallest absolute Gasteiger partial charge is 0.352 e. The molecule has 0 spiro atoms. The minimum atomic E-state index is -4.16. The largest absolute Gasteiger partial charge is 0.401 e. The molecular weight excluding hydrogens is 486 g/mol. The summed E-state index contributed by atoms with van der Waals surface area (Å²) in [6, 6.07) is 7.77. The second-order valence-electron chi connectivity index (χ2n) is 6.41. The van der Waals surface area contributed by atoms with Crippen molar-refractivity contribution in [1.82, 2.24) is 30.3 Å². The minimum absolute atomic E-state index is 0. The van der Waals surface area contributed by atoms with Gasteiger partial charge in [0, 0.05) is 32.7 Å². The van der Waals surface area contributed by atoms with Gasteiger partial charge in [-0.3, -0.25) is 9.89 Å². The molecule has 28 heavy (non-hydrogen) atoms. The van der Waals surface area contributed by atoms with Gasteiger partial charge in [-0.05, 0) is 24.1 Å². The van der Waals surface area contributed by atoms with Crippen LogP contribution in [-0.4, -0.2) is 64.5 Å². The summed E-state index contributed by atoms with van der Waals surface area (Å²) in [7, 11) is 1.64. The van der Waals surface area contributed by atoms with Gasteiger partial charge in [0.05, 0.1) is 12.2 Å². The Kier molecular flexibility index (Phi) is 8.04. The molecule has 1 unspecified atom stereocenters. The van der Waals surface area contributed by atoms with E-state index in [1.54, 1.807) is 18.1 Å². The first kappa shape index (κ1) is 22.4. The summed E-state index contributed by atoms with van der Waals surface area (Å²) >= 11 is 0. The summed E-state index contributed by atoms with van der Waals surface area (Å²) in [5, 5.41) is 10.5. The fraction of sp³-hybridized carbons (Fsp3) is 0.471. The predicted octanol–water partition coefficient (Wildman–Crippen LogP) is 2.19. The first-order valence-corrected chi connectivity index (χ1v) is 8.63. The number of hydrogen-bond acceptors (Lipinski definition) is 4. The summed E-state index contributed by atoms with van der Waals surface area (Å²) < 4.78 is 39.1. The molecule has 3 rings (SSSR count). The van der Waals surface area contributed by atoms with Crippen LogP contribution in [0.2, 0.25) is 0 Å². The first-order valence-electron chi connectivity index (χ1n) is 8.63. The molecule has 1 aromatic heterocycles. The zero-order valence-electron chi connectivity index (χ0n) is 15.4. The van der Waals surface area contributed by atoms with Crippen molar-refractivity contribution in [3.63, 3.8) is 0 Å². The SMILES string of the molecule is CN=C(NCc1ccc(-n2cncn2)cc1)NC1CCN(CC(F)(F)F)C1.I. The number of likely N-dealkylation sites (tertiary alicyclic amines) is 1. The van der Waals surface area contributed by atoms with Crippen LogP contribution >= 0.6 is 24.0 Å². The van der Waals surface area contributed by atoms with E-state index in [0.717, 1.165) is 11.3 Å². The Hall–Kier alpha value is -1.89. The molecule has 154 valence electrons. The molecule has 1 fully saturated rings. The van der Waals surface area contributed by atoms with Crippen molar-refractivity contribution in [2.24, 2.45) is 4.99 Å². The standard InChI is InChI=1S/C17H22F3N7.HI/c1-21-16(25-14-6-7-26(9-14)10-17(18,19)20)23-8-13-2-4-15(5-3-13)27-12-22-11-24-27;/h2-5,11-12,14H,6-10H2,1H3,(H2,21,23,25);1H. The van der Waals surface area contributed by atoms with Crippen LogP contribution in [0.15, 0.2) is 41.9 Å². The number of benzene rings is 1. The zero-order valence-corrected chi connectivity index (χ0v) is 17.7. The van der Waals surface area contributed by atoms with Gasteiger partial charge in [-0.25, -0.2) is 9.67 Å². The van der Waals surface area contributed by atoms with Crippen LogP contribution < -0.4 is 10.6 Å². The van der Waals surface area contributed by atoms with Gasteiger partial charge >= 0.3 is 6.18 Å². The van der Waals surface area contributed by atoms with E-state index in [1.165, 1.54) is 11.2 Å². The number of rotatable bonds is 5. The van der Waals surface area contributed by atoms with Crippen molar-refractivity contribution >= 4 is 29.9 Å². The highest BCUT2D eigenvalue weighted by molar-refractivity contribution is 14.0. The van der Waals surface area contributed by atoms with E-state index in [9.17, 15) is 13.2 Å². The Bertz CT molecular complexity index is 747. The Morgan fingerprint density at radius 2 is 2.04 bits per heavy atom. The highest BCUT2D eigenvalue weighted by atomic mass is 127. The van der Waals surface area contributed by atoms with Crippen molar-refractivity contribution in [3.8, 4) is 5.69 Å². The van der Waals surface area contributed by atoms with E-state index >= 15 is 0 Å². The second kappa shape index (κ2) is 10.0. The van der Waals surface area contributed by atoms with E-state index < -0.39 is 12.7 Å². The van der Waals surface area contributed by atoms with Crippen LogP contribution in [0.3, 0.4) is 0 Å². The third-order valence-electron chi connectivity index (χ3n) is 4.32. The zero-order chi connectivity index (χ0) is 19.3. The van der Waals surface area contributed by atoms with Gasteiger partial charge in [-0.2, -0.15) is 18.3 Å². The monoisotopic (exact) mass is 509 g/mol. The van der Waals surface area contributed by atoms with Crippen molar-refractivity contribution in [2.45, 2.75) is 25.2 Å². The lowest BCUT2D eigenvalue weighted by Gasteiger charge is -2.19. The molecule has 1 aliphatic heterocycles. The topological polar surface area (TPSA) is 70.4 Å². The number of hydrogen-bond donors (Lipinski definition) is 2. The van der Waals surface area contributed by atoms with E-state index in [1.807, 2.05) is 24.3 Å². The average molecular weight is 509 g/mol. The molecule has 1 aromatic carbocycles. The Balaban J connectivity index is 0.00000280. The minimum Gasteiger partial charge on any atom is -0.352 e.